The van der Waals surface area contributed by atoms with E-state index in [1.54, 1.807) is 4.90 Å². The van der Waals surface area contributed by atoms with E-state index in [-0.39, 0.29) is 5.92 Å². The van der Waals surface area contributed by atoms with E-state index >= 15 is 0 Å². The van der Waals surface area contributed by atoms with Gasteiger partial charge >= 0.3 is 5.97 Å². The maximum Gasteiger partial charge on any atom is 0.338 e. The minimum Gasteiger partial charge on any atom is -0.466 e. The number of esters is 1. The lowest BCUT2D eigenvalue weighted by Crippen LogP contribution is -2.49. The molecule has 1 N–H and O–H groups in total. The molecular formula is C21H20F2N2O2S. The van der Waals surface area contributed by atoms with Crippen molar-refractivity contribution in [2.45, 2.75) is 19.9 Å². The van der Waals surface area contributed by atoms with Crippen LogP contribution in [0.2, 0.25) is 0 Å². The van der Waals surface area contributed by atoms with Crippen LogP contribution in [0.3, 0.4) is 0 Å². The number of carbonyl (C=O) groups excluding carboxylic acids is 1. The Morgan fingerprint density at radius 2 is 1.82 bits per heavy atom. The van der Waals surface area contributed by atoms with Crippen LogP contribution in [-0.4, -0.2) is 18.2 Å². The topological polar surface area (TPSA) is 41.6 Å². The second-order valence-electron chi connectivity index (χ2n) is 6.67. The predicted octanol–water partition coefficient (Wildman–Crippen LogP) is 4.48. The Kier molecular flexibility index (Phi) is 5.74. The van der Waals surface area contributed by atoms with E-state index in [1.165, 1.54) is 13.2 Å². The van der Waals surface area contributed by atoms with Crippen LogP contribution in [0.4, 0.5) is 14.5 Å². The van der Waals surface area contributed by atoms with E-state index in [1.807, 2.05) is 44.2 Å². The number of methoxy groups -OCH3 is 1. The van der Waals surface area contributed by atoms with E-state index in [0.29, 0.717) is 21.9 Å². The monoisotopic (exact) mass is 402 g/mol. The Labute approximate surface area is 167 Å². The lowest BCUT2D eigenvalue weighted by Gasteiger charge is -2.40. The zero-order valence-electron chi connectivity index (χ0n) is 15.7. The second-order valence-corrected chi connectivity index (χ2v) is 7.06. The first-order valence-corrected chi connectivity index (χ1v) is 9.19. The fourth-order valence-corrected chi connectivity index (χ4v) is 3.64. The summed E-state index contributed by atoms with van der Waals surface area (Å²) in [5, 5.41) is 3.45. The summed E-state index contributed by atoms with van der Waals surface area (Å²) in [4.78, 5) is 14.5. The van der Waals surface area contributed by atoms with Gasteiger partial charge in [0, 0.05) is 11.4 Å². The summed E-state index contributed by atoms with van der Waals surface area (Å²) in [5.41, 5.74) is 2.12. The third-order valence-corrected chi connectivity index (χ3v) is 4.82. The fourth-order valence-electron chi connectivity index (χ4n) is 3.31. The molecule has 0 saturated heterocycles. The summed E-state index contributed by atoms with van der Waals surface area (Å²) in [5.74, 6) is -2.61. The highest BCUT2D eigenvalue weighted by molar-refractivity contribution is 7.80. The number of halogens is 2. The molecule has 0 spiro atoms. The Morgan fingerprint density at radius 3 is 2.39 bits per heavy atom. The zero-order chi connectivity index (χ0) is 20.4. The summed E-state index contributed by atoms with van der Waals surface area (Å²) in [6, 6.07) is 12.1. The molecule has 0 saturated carbocycles. The molecule has 146 valence electrons. The van der Waals surface area contributed by atoms with Crippen LogP contribution in [0, 0.1) is 17.6 Å². The number of nitrogens with zero attached hydrogens (tertiary/aromatic N) is 1. The molecule has 3 rings (SSSR count). The van der Waals surface area contributed by atoms with Gasteiger partial charge < -0.3 is 10.1 Å². The fraction of sp³-hybridized carbons (Fsp3) is 0.238. The average molecular weight is 402 g/mol. The van der Waals surface area contributed by atoms with Gasteiger partial charge in [-0.25, -0.2) is 13.6 Å². The molecule has 1 aliphatic heterocycles. The quantitative estimate of drug-likeness (QED) is 0.603. The lowest BCUT2D eigenvalue weighted by molar-refractivity contribution is -0.136. The summed E-state index contributed by atoms with van der Waals surface area (Å²) in [6.45, 7) is 3.87. The van der Waals surface area contributed by atoms with Crippen LogP contribution >= 0.6 is 12.2 Å². The van der Waals surface area contributed by atoms with Gasteiger partial charge in [0.2, 0.25) is 0 Å². The van der Waals surface area contributed by atoms with Gasteiger partial charge in [-0.1, -0.05) is 38.1 Å². The summed E-state index contributed by atoms with van der Waals surface area (Å²) < 4.78 is 32.3. The van der Waals surface area contributed by atoms with E-state index in [2.05, 4.69) is 5.32 Å². The van der Waals surface area contributed by atoms with Gasteiger partial charge in [-0.05, 0) is 48.0 Å². The highest BCUT2D eigenvalue weighted by Crippen LogP contribution is 2.37. The van der Waals surface area contributed by atoms with Gasteiger partial charge in [0.05, 0.1) is 18.7 Å². The van der Waals surface area contributed by atoms with Gasteiger partial charge in [-0.2, -0.15) is 0 Å². The minimum absolute atomic E-state index is 0.0952. The first kappa shape index (κ1) is 19.9. The zero-order valence-corrected chi connectivity index (χ0v) is 16.5. The first-order valence-electron chi connectivity index (χ1n) is 8.78. The number of para-hydroxylation sites is 1. The molecule has 1 atom stereocenters. The van der Waals surface area contributed by atoms with E-state index in [9.17, 15) is 13.6 Å². The molecule has 2 aromatic rings. The van der Waals surface area contributed by atoms with Gasteiger partial charge in [0.25, 0.3) is 0 Å². The van der Waals surface area contributed by atoms with E-state index in [4.69, 9.17) is 17.0 Å². The number of hydrogen-bond donors (Lipinski definition) is 1. The molecular weight excluding hydrogens is 382 g/mol. The van der Waals surface area contributed by atoms with Crippen molar-refractivity contribution in [3.63, 3.8) is 0 Å². The van der Waals surface area contributed by atoms with E-state index in [0.717, 1.165) is 17.8 Å². The molecule has 1 aliphatic rings. The van der Waals surface area contributed by atoms with Crippen molar-refractivity contribution in [2.75, 3.05) is 12.0 Å². The van der Waals surface area contributed by atoms with Crippen molar-refractivity contribution in [3.8, 4) is 0 Å². The number of hydrogen-bond acceptors (Lipinski definition) is 3. The average Bonchev–Trinajstić information content (AvgIpc) is 2.69. The maximum absolute atomic E-state index is 13.9. The van der Waals surface area contributed by atoms with Gasteiger partial charge in [0.1, 0.15) is 0 Å². The van der Waals surface area contributed by atoms with Crippen LogP contribution in [-0.2, 0) is 9.53 Å². The number of ether oxygens (including phenoxy) is 1. The van der Waals surface area contributed by atoms with Crippen molar-refractivity contribution in [1.29, 1.82) is 0 Å². The molecule has 0 bridgehead atoms. The molecule has 0 aliphatic carbocycles. The van der Waals surface area contributed by atoms with Crippen LogP contribution < -0.4 is 10.2 Å². The van der Waals surface area contributed by atoms with E-state index < -0.39 is 23.6 Å². The van der Waals surface area contributed by atoms with Crippen molar-refractivity contribution >= 4 is 29.0 Å². The molecule has 0 amide bonds. The molecule has 28 heavy (non-hydrogen) atoms. The number of nitrogens with one attached hydrogen (secondary N) is 1. The number of anilines is 1. The Bertz CT molecular complexity index is 945. The smallest absolute Gasteiger partial charge is 0.338 e. The highest BCUT2D eigenvalue weighted by Gasteiger charge is 2.38. The Morgan fingerprint density at radius 1 is 1.14 bits per heavy atom. The Balaban J connectivity index is 2.24. The number of rotatable bonds is 4. The van der Waals surface area contributed by atoms with Crippen molar-refractivity contribution in [1.82, 2.24) is 5.32 Å². The van der Waals surface area contributed by atoms with Gasteiger partial charge in [-0.3, -0.25) is 4.90 Å². The van der Waals surface area contributed by atoms with Crippen molar-refractivity contribution in [3.05, 3.63) is 77.0 Å². The standard InChI is InChI=1S/C21H20F2N2O2S/c1-12(2)19-17(20(26)27-3)18(13-9-10-15(22)16(23)11-13)24-21(28)25(19)14-7-5-4-6-8-14/h4-12,18H,1-3H3,(H,24,28)/t18-/m1/s1. The molecule has 1 heterocycles. The predicted molar refractivity (Wildman–Crippen MR) is 108 cm³/mol. The molecule has 0 unspecified atom stereocenters. The third-order valence-electron chi connectivity index (χ3n) is 4.52. The maximum atomic E-state index is 13.9. The van der Waals surface area contributed by atoms with Crippen LogP contribution in [0.25, 0.3) is 0 Å². The molecule has 7 heteroatoms. The number of thiocarbonyl (C=S) groups is 1. The van der Waals surface area contributed by atoms with Crippen LogP contribution in [0.1, 0.15) is 25.5 Å². The SMILES string of the molecule is COC(=O)C1=C(C(C)C)N(c2ccccc2)C(=S)N[C@@H]1c1ccc(F)c(F)c1. The lowest BCUT2D eigenvalue weighted by atomic mass is 9.90. The summed E-state index contributed by atoms with van der Waals surface area (Å²) >= 11 is 5.58. The molecule has 0 aromatic heterocycles. The largest absolute Gasteiger partial charge is 0.466 e. The summed E-state index contributed by atoms with van der Waals surface area (Å²) in [6.07, 6.45) is 0. The third kappa shape index (κ3) is 3.62. The Hall–Kier alpha value is -2.80. The molecule has 0 fully saturated rings. The molecule has 2 aromatic carbocycles. The number of carbonyl (C=O) groups is 1. The number of benzene rings is 2. The normalized spacial score (nSPS) is 17.0. The van der Waals surface area contributed by atoms with Crippen LogP contribution in [0.5, 0.6) is 0 Å². The molecule has 0 radical (unpaired) electrons. The number of allylic oxidation sites excluding steroid dienone is 1. The summed E-state index contributed by atoms with van der Waals surface area (Å²) in [7, 11) is 1.29. The molecule has 4 nitrogen and oxygen atoms in total. The second kappa shape index (κ2) is 8.06. The van der Waals surface area contributed by atoms with Crippen molar-refractivity contribution < 1.29 is 18.3 Å². The van der Waals surface area contributed by atoms with Gasteiger partial charge in [-0.15, -0.1) is 0 Å². The first-order chi connectivity index (χ1) is 13.3. The minimum atomic E-state index is -0.994. The van der Waals surface area contributed by atoms with Crippen LogP contribution in [0.15, 0.2) is 59.8 Å². The van der Waals surface area contributed by atoms with Crippen molar-refractivity contribution in [2.24, 2.45) is 5.92 Å². The van der Waals surface area contributed by atoms with Gasteiger partial charge in [0.15, 0.2) is 16.7 Å². The highest BCUT2D eigenvalue weighted by atomic mass is 32.1.